The molecule has 1 atom stereocenters. The van der Waals surface area contributed by atoms with Crippen LogP contribution in [-0.2, 0) is 4.74 Å². The molecule has 17 heavy (non-hydrogen) atoms. The summed E-state index contributed by atoms with van der Waals surface area (Å²) in [7, 11) is 1.68. The summed E-state index contributed by atoms with van der Waals surface area (Å²) in [5.74, 6) is 0. The largest absolute Gasteiger partial charge is 0.383 e. The van der Waals surface area contributed by atoms with Crippen molar-refractivity contribution < 1.29 is 4.74 Å². The predicted octanol–water partition coefficient (Wildman–Crippen LogP) is 2.20. The fourth-order valence-corrected chi connectivity index (χ4v) is 2.17. The summed E-state index contributed by atoms with van der Waals surface area (Å²) in [4.78, 5) is 0. The Balaban J connectivity index is 2.27. The number of hydrogen-bond donors (Lipinski definition) is 2. The molecule has 0 spiro atoms. The Morgan fingerprint density at radius 3 is 2.59 bits per heavy atom. The topological polar surface area (TPSA) is 45.6 Å². The van der Waals surface area contributed by atoms with Crippen molar-refractivity contribution in [3.8, 4) is 0 Å². The fraction of sp³-hybridized carbons (Fsp3) is 0.833. The van der Waals surface area contributed by atoms with Gasteiger partial charge in [0.05, 0.1) is 6.61 Å². The first-order valence-electron chi connectivity index (χ1n) is 6.33. The van der Waals surface area contributed by atoms with Gasteiger partial charge in [0.25, 0.3) is 0 Å². The van der Waals surface area contributed by atoms with Crippen molar-refractivity contribution in [2.45, 2.75) is 51.5 Å². The fourth-order valence-electron chi connectivity index (χ4n) is 1.93. The van der Waals surface area contributed by atoms with Crippen molar-refractivity contribution in [3.05, 3.63) is 0 Å². The molecule has 0 unspecified atom stereocenters. The number of methoxy groups -OCH3 is 1. The third kappa shape index (κ3) is 6.58. The van der Waals surface area contributed by atoms with Crippen LogP contribution in [-0.4, -0.2) is 30.6 Å². The van der Waals surface area contributed by atoms with E-state index in [0.29, 0.717) is 11.7 Å². The van der Waals surface area contributed by atoms with Gasteiger partial charge in [-0.15, -0.1) is 0 Å². The van der Waals surface area contributed by atoms with E-state index in [1.165, 1.54) is 31.4 Å². The van der Waals surface area contributed by atoms with Gasteiger partial charge in [-0.3, -0.25) is 5.43 Å². The lowest BCUT2D eigenvalue weighted by molar-refractivity contribution is 0.179. The molecule has 5 heteroatoms. The van der Waals surface area contributed by atoms with E-state index in [-0.39, 0.29) is 6.04 Å². The molecular weight excluding hydrogens is 234 g/mol. The lowest BCUT2D eigenvalue weighted by atomic mass is 10.2. The number of thiocarbonyl (C=S) groups is 1. The summed E-state index contributed by atoms with van der Waals surface area (Å²) in [5, 5.41) is 8.08. The smallest absolute Gasteiger partial charge is 0.187 e. The highest BCUT2D eigenvalue weighted by Crippen LogP contribution is 2.14. The molecule has 4 nitrogen and oxygen atoms in total. The van der Waals surface area contributed by atoms with Crippen molar-refractivity contribution in [1.82, 2.24) is 10.7 Å². The summed E-state index contributed by atoms with van der Waals surface area (Å²) in [5.41, 5.74) is 4.16. The Morgan fingerprint density at radius 1 is 1.35 bits per heavy atom. The monoisotopic (exact) mass is 257 g/mol. The van der Waals surface area contributed by atoms with Crippen LogP contribution in [0.2, 0.25) is 0 Å². The Hall–Kier alpha value is -0.680. The van der Waals surface area contributed by atoms with Crippen LogP contribution >= 0.6 is 12.2 Å². The first-order valence-corrected chi connectivity index (χ1v) is 6.74. The zero-order valence-electron chi connectivity index (χ0n) is 10.8. The van der Waals surface area contributed by atoms with Gasteiger partial charge in [-0.25, -0.2) is 0 Å². The Morgan fingerprint density at radius 2 is 2.00 bits per heavy atom. The molecule has 1 aliphatic carbocycles. The van der Waals surface area contributed by atoms with E-state index in [2.05, 4.69) is 15.8 Å². The van der Waals surface area contributed by atoms with Gasteiger partial charge >= 0.3 is 0 Å². The molecule has 0 saturated heterocycles. The number of hydrazone groups is 1. The van der Waals surface area contributed by atoms with Crippen LogP contribution in [0, 0.1) is 0 Å². The standard InChI is InChI=1S/C12H23N3OS/c1-10(9-16-2)13-12(17)15-14-11-7-5-3-4-6-8-11/h10H,3-9H2,1-2H3,(H2,13,15,17)/t10-/m1/s1. The van der Waals surface area contributed by atoms with Crippen LogP contribution < -0.4 is 10.7 Å². The first kappa shape index (κ1) is 14.4. The van der Waals surface area contributed by atoms with Crippen molar-refractivity contribution >= 4 is 23.0 Å². The SMILES string of the molecule is COC[C@@H](C)NC(=S)NN=C1CCCCCC1. The van der Waals surface area contributed by atoms with Crippen molar-refractivity contribution in [2.75, 3.05) is 13.7 Å². The van der Waals surface area contributed by atoms with Crippen LogP contribution in [0.1, 0.15) is 45.4 Å². The molecule has 0 amide bonds. The second-order valence-corrected chi connectivity index (χ2v) is 4.94. The molecule has 0 radical (unpaired) electrons. The highest BCUT2D eigenvalue weighted by molar-refractivity contribution is 7.80. The van der Waals surface area contributed by atoms with E-state index in [0.717, 1.165) is 12.8 Å². The normalized spacial score (nSPS) is 18.1. The molecule has 2 N–H and O–H groups in total. The summed E-state index contributed by atoms with van der Waals surface area (Å²) in [6.07, 6.45) is 7.35. The zero-order valence-corrected chi connectivity index (χ0v) is 11.6. The number of nitrogens with one attached hydrogen (secondary N) is 2. The number of nitrogens with zero attached hydrogens (tertiary/aromatic N) is 1. The third-order valence-electron chi connectivity index (χ3n) is 2.79. The average Bonchev–Trinajstić information content (AvgIpc) is 2.55. The maximum Gasteiger partial charge on any atom is 0.187 e. The summed E-state index contributed by atoms with van der Waals surface area (Å²) in [6, 6.07) is 0.203. The molecule has 1 aliphatic rings. The molecule has 0 aromatic carbocycles. The van der Waals surface area contributed by atoms with Crippen molar-refractivity contribution in [2.24, 2.45) is 5.10 Å². The zero-order chi connectivity index (χ0) is 12.5. The van der Waals surface area contributed by atoms with Gasteiger partial charge in [-0.2, -0.15) is 5.10 Å². The number of hydrogen-bond acceptors (Lipinski definition) is 3. The molecule has 0 heterocycles. The van der Waals surface area contributed by atoms with Gasteiger partial charge in [0.2, 0.25) is 0 Å². The van der Waals surface area contributed by atoms with E-state index in [4.69, 9.17) is 17.0 Å². The molecule has 1 fully saturated rings. The van der Waals surface area contributed by atoms with Crippen LogP contribution in [0.5, 0.6) is 0 Å². The molecule has 98 valence electrons. The maximum atomic E-state index is 5.16. The summed E-state index contributed by atoms with van der Waals surface area (Å²) < 4.78 is 5.03. The van der Waals surface area contributed by atoms with Gasteiger partial charge in [0.15, 0.2) is 5.11 Å². The van der Waals surface area contributed by atoms with E-state index in [1.807, 2.05) is 6.92 Å². The summed E-state index contributed by atoms with van der Waals surface area (Å²) in [6.45, 7) is 2.66. The molecule has 0 aromatic heterocycles. The average molecular weight is 257 g/mol. The van der Waals surface area contributed by atoms with Gasteiger partial charge in [0.1, 0.15) is 0 Å². The van der Waals surface area contributed by atoms with Crippen LogP contribution in [0.15, 0.2) is 5.10 Å². The number of rotatable bonds is 4. The molecule has 0 aromatic rings. The molecule has 0 bridgehead atoms. The second-order valence-electron chi connectivity index (χ2n) is 4.53. The van der Waals surface area contributed by atoms with E-state index in [9.17, 15) is 0 Å². The summed E-state index contributed by atoms with van der Waals surface area (Å²) >= 11 is 5.16. The Kier molecular flexibility index (Phi) is 7.12. The van der Waals surface area contributed by atoms with Gasteiger partial charge < -0.3 is 10.1 Å². The molecular formula is C12H23N3OS. The van der Waals surface area contributed by atoms with Crippen LogP contribution in [0.4, 0.5) is 0 Å². The third-order valence-corrected chi connectivity index (χ3v) is 3.00. The van der Waals surface area contributed by atoms with Crippen molar-refractivity contribution in [3.63, 3.8) is 0 Å². The van der Waals surface area contributed by atoms with E-state index < -0.39 is 0 Å². The quantitative estimate of drug-likeness (QED) is 0.460. The first-order chi connectivity index (χ1) is 8.22. The molecule has 1 saturated carbocycles. The lowest BCUT2D eigenvalue weighted by Gasteiger charge is -2.14. The number of ether oxygens (including phenoxy) is 1. The van der Waals surface area contributed by atoms with Crippen LogP contribution in [0.25, 0.3) is 0 Å². The minimum atomic E-state index is 0.203. The molecule has 0 aliphatic heterocycles. The Labute approximate surface area is 109 Å². The van der Waals surface area contributed by atoms with Crippen LogP contribution in [0.3, 0.4) is 0 Å². The highest BCUT2D eigenvalue weighted by Gasteiger charge is 2.06. The van der Waals surface area contributed by atoms with E-state index in [1.54, 1.807) is 7.11 Å². The van der Waals surface area contributed by atoms with E-state index >= 15 is 0 Å². The highest BCUT2D eigenvalue weighted by atomic mass is 32.1. The predicted molar refractivity (Wildman–Crippen MR) is 75.3 cm³/mol. The molecule has 1 rings (SSSR count). The van der Waals surface area contributed by atoms with Gasteiger partial charge in [-0.05, 0) is 44.8 Å². The second kappa shape index (κ2) is 8.42. The Bertz CT molecular complexity index is 258. The minimum Gasteiger partial charge on any atom is -0.383 e. The van der Waals surface area contributed by atoms with Crippen molar-refractivity contribution in [1.29, 1.82) is 0 Å². The van der Waals surface area contributed by atoms with Gasteiger partial charge in [0, 0.05) is 18.9 Å². The van der Waals surface area contributed by atoms with Gasteiger partial charge in [-0.1, -0.05) is 12.8 Å². The maximum absolute atomic E-state index is 5.16. The lowest BCUT2D eigenvalue weighted by Crippen LogP contribution is -2.40. The minimum absolute atomic E-state index is 0.203.